The van der Waals surface area contributed by atoms with Crippen LogP contribution in [-0.2, 0) is 10.5 Å². The van der Waals surface area contributed by atoms with E-state index in [0.717, 1.165) is 10.7 Å². The van der Waals surface area contributed by atoms with Crippen molar-refractivity contribution in [2.45, 2.75) is 17.7 Å². The van der Waals surface area contributed by atoms with Crippen molar-refractivity contribution in [1.82, 2.24) is 9.97 Å². The van der Waals surface area contributed by atoms with E-state index < -0.39 is 0 Å². The Morgan fingerprint density at radius 2 is 2.17 bits per heavy atom. The first-order valence-corrected chi connectivity index (χ1v) is 9.42. The van der Waals surface area contributed by atoms with Crippen LogP contribution >= 0.6 is 34.7 Å². The van der Waals surface area contributed by atoms with Gasteiger partial charge in [-0.2, -0.15) is 0 Å². The first-order valence-electron chi connectivity index (χ1n) is 7.18. The summed E-state index contributed by atoms with van der Waals surface area (Å²) in [5.74, 6) is 0.602. The summed E-state index contributed by atoms with van der Waals surface area (Å²) in [7, 11) is 0. The number of pyridine rings is 1. The average molecular weight is 376 g/mol. The van der Waals surface area contributed by atoms with E-state index in [1.165, 1.54) is 18.3 Å². The summed E-state index contributed by atoms with van der Waals surface area (Å²) in [6.45, 7) is 1.52. The van der Waals surface area contributed by atoms with Crippen molar-refractivity contribution in [2.75, 3.05) is 4.90 Å². The molecule has 0 bridgehead atoms. The largest absolute Gasteiger partial charge is 0.274 e. The molecular weight excluding hydrogens is 362 g/mol. The van der Waals surface area contributed by atoms with Gasteiger partial charge in [0.1, 0.15) is 0 Å². The van der Waals surface area contributed by atoms with Crippen molar-refractivity contribution >= 4 is 51.4 Å². The van der Waals surface area contributed by atoms with Crippen LogP contribution in [0.1, 0.15) is 12.6 Å². The minimum Gasteiger partial charge on any atom is -0.274 e. The van der Waals surface area contributed by atoms with Crippen LogP contribution in [0.15, 0.2) is 59.1 Å². The lowest BCUT2D eigenvalue weighted by molar-refractivity contribution is -0.115. The Kier molecular flexibility index (Phi) is 5.50. The number of hydrogen-bond donors (Lipinski definition) is 0. The van der Waals surface area contributed by atoms with Crippen LogP contribution in [0.2, 0.25) is 5.02 Å². The lowest BCUT2D eigenvalue weighted by atomic mass is 10.3. The molecule has 0 spiro atoms. The van der Waals surface area contributed by atoms with E-state index in [1.54, 1.807) is 35.0 Å². The Balaban J connectivity index is 1.78. The Morgan fingerprint density at radius 3 is 2.88 bits per heavy atom. The third-order valence-corrected chi connectivity index (χ3v) is 5.20. The van der Waals surface area contributed by atoms with Crippen molar-refractivity contribution in [1.29, 1.82) is 0 Å². The number of benzene rings is 1. The van der Waals surface area contributed by atoms with Crippen LogP contribution in [0.3, 0.4) is 0 Å². The lowest BCUT2D eigenvalue weighted by Crippen LogP contribution is -2.22. The Labute approximate surface area is 153 Å². The molecule has 1 amide bonds. The molecule has 0 atom stereocenters. The van der Waals surface area contributed by atoms with E-state index >= 15 is 0 Å². The van der Waals surface area contributed by atoms with Crippen LogP contribution < -0.4 is 4.90 Å². The van der Waals surface area contributed by atoms with E-state index in [9.17, 15) is 4.79 Å². The molecule has 7 heteroatoms. The van der Waals surface area contributed by atoms with Gasteiger partial charge in [0.25, 0.3) is 0 Å². The maximum Gasteiger partial charge on any atom is 0.230 e. The number of aromatic nitrogens is 2. The third-order valence-electron chi connectivity index (χ3n) is 3.12. The highest BCUT2D eigenvalue weighted by atomic mass is 35.5. The minimum atomic E-state index is -0.101. The van der Waals surface area contributed by atoms with Gasteiger partial charge in [-0.15, -0.1) is 23.1 Å². The standard InChI is InChI=1S/C17H14ClN3OS2/c1-12(22)21(15-6-4-5-13(18)9-15)17-20-14(11-24-17)10-23-16-7-2-3-8-19-16/h2-9,11H,10H2,1H3. The second kappa shape index (κ2) is 7.79. The molecule has 3 aromatic rings. The molecule has 0 saturated carbocycles. The summed E-state index contributed by atoms with van der Waals surface area (Å²) in [5.41, 5.74) is 1.63. The van der Waals surface area contributed by atoms with Gasteiger partial charge in [0.05, 0.1) is 16.4 Å². The van der Waals surface area contributed by atoms with E-state index in [0.29, 0.717) is 21.6 Å². The fourth-order valence-electron chi connectivity index (χ4n) is 2.09. The molecule has 0 saturated heterocycles. The van der Waals surface area contributed by atoms with Gasteiger partial charge in [0.15, 0.2) is 5.13 Å². The number of hydrogen-bond acceptors (Lipinski definition) is 5. The predicted octanol–water partition coefficient (Wildman–Crippen LogP) is 5.17. The number of rotatable bonds is 5. The minimum absolute atomic E-state index is 0.101. The highest BCUT2D eigenvalue weighted by Crippen LogP contribution is 2.31. The number of carbonyl (C=O) groups is 1. The van der Waals surface area contributed by atoms with Gasteiger partial charge in [-0.05, 0) is 30.3 Å². The molecule has 122 valence electrons. The highest BCUT2D eigenvalue weighted by Gasteiger charge is 2.18. The van der Waals surface area contributed by atoms with Crippen molar-refractivity contribution in [3.8, 4) is 0 Å². The van der Waals surface area contributed by atoms with Crippen LogP contribution in [0, 0.1) is 0 Å². The normalized spacial score (nSPS) is 10.6. The number of carbonyl (C=O) groups excluding carboxylic acids is 1. The molecule has 0 N–H and O–H groups in total. The molecule has 0 unspecified atom stereocenters. The van der Waals surface area contributed by atoms with Crippen LogP contribution in [0.25, 0.3) is 0 Å². The lowest BCUT2D eigenvalue weighted by Gasteiger charge is -2.18. The summed E-state index contributed by atoms with van der Waals surface area (Å²) in [4.78, 5) is 22.5. The molecule has 4 nitrogen and oxygen atoms in total. The smallest absolute Gasteiger partial charge is 0.230 e. The van der Waals surface area contributed by atoms with Gasteiger partial charge in [0, 0.05) is 29.3 Å². The van der Waals surface area contributed by atoms with Crippen molar-refractivity contribution in [3.63, 3.8) is 0 Å². The Hall–Kier alpha value is -1.89. The van der Waals surface area contributed by atoms with E-state index in [-0.39, 0.29) is 5.91 Å². The monoisotopic (exact) mass is 375 g/mol. The zero-order valence-electron chi connectivity index (χ0n) is 12.8. The van der Waals surface area contributed by atoms with E-state index in [4.69, 9.17) is 11.6 Å². The first kappa shape index (κ1) is 17.0. The molecule has 3 rings (SSSR count). The Bertz CT molecular complexity index is 839. The molecule has 0 aliphatic carbocycles. The summed E-state index contributed by atoms with van der Waals surface area (Å²) >= 11 is 9.09. The second-order valence-corrected chi connectivity index (χ2v) is 7.18. The van der Waals surface area contributed by atoms with Crippen LogP contribution in [-0.4, -0.2) is 15.9 Å². The number of nitrogens with zero attached hydrogens (tertiary/aromatic N) is 3. The fourth-order valence-corrected chi connectivity index (χ4v) is 4.02. The summed E-state index contributed by atoms with van der Waals surface area (Å²) in [5, 5.41) is 4.14. The molecule has 0 aliphatic heterocycles. The molecule has 2 heterocycles. The third kappa shape index (κ3) is 4.14. The number of anilines is 2. The predicted molar refractivity (Wildman–Crippen MR) is 100 cm³/mol. The molecule has 0 aliphatic rings. The van der Waals surface area contributed by atoms with Gasteiger partial charge in [-0.1, -0.05) is 23.7 Å². The molecular formula is C17H14ClN3OS2. The van der Waals surface area contributed by atoms with Gasteiger partial charge in [0.2, 0.25) is 5.91 Å². The maximum atomic E-state index is 12.1. The highest BCUT2D eigenvalue weighted by molar-refractivity contribution is 7.98. The van der Waals surface area contributed by atoms with Crippen molar-refractivity contribution in [3.05, 3.63) is 64.8 Å². The van der Waals surface area contributed by atoms with E-state index in [1.807, 2.05) is 35.7 Å². The fraction of sp³-hybridized carbons (Fsp3) is 0.118. The second-order valence-electron chi connectivity index (χ2n) is 4.91. The zero-order valence-corrected chi connectivity index (χ0v) is 15.2. The van der Waals surface area contributed by atoms with Gasteiger partial charge >= 0.3 is 0 Å². The van der Waals surface area contributed by atoms with Gasteiger partial charge < -0.3 is 0 Å². The number of thioether (sulfide) groups is 1. The SMILES string of the molecule is CC(=O)N(c1cccc(Cl)c1)c1nc(CSc2ccccn2)cs1. The zero-order chi connectivity index (χ0) is 16.9. The molecule has 0 fully saturated rings. The van der Waals surface area contributed by atoms with E-state index in [2.05, 4.69) is 9.97 Å². The van der Waals surface area contributed by atoms with Crippen molar-refractivity contribution < 1.29 is 4.79 Å². The molecule has 1 aromatic carbocycles. The average Bonchev–Trinajstić information content (AvgIpc) is 3.02. The quantitative estimate of drug-likeness (QED) is 0.577. The van der Waals surface area contributed by atoms with Crippen LogP contribution in [0.5, 0.6) is 0 Å². The topological polar surface area (TPSA) is 46.1 Å². The number of amides is 1. The number of thiazole rings is 1. The first-order chi connectivity index (χ1) is 11.6. The van der Waals surface area contributed by atoms with Crippen molar-refractivity contribution in [2.24, 2.45) is 0 Å². The molecule has 2 aromatic heterocycles. The molecule has 0 radical (unpaired) electrons. The molecule has 24 heavy (non-hydrogen) atoms. The van der Waals surface area contributed by atoms with Gasteiger partial charge in [-0.3, -0.25) is 9.69 Å². The van der Waals surface area contributed by atoms with Gasteiger partial charge in [-0.25, -0.2) is 9.97 Å². The Morgan fingerprint density at radius 1 is 1.29 bits per heavy atom. The maximum absolute atomic E-state index is 12.1. The summed E-state index contributed by atoms with van der Waals surface area (Å²) < 4.78 is 0. The number of halogens is 1. The summed E-state index contributed by atoms with van der Waals surface area (Å²) in [6, 6.07) is 13.0. The van der Waals surface area contributed by atoms with Crippen LogP contribution in [0.4, 0.5) is 10.8 Å². The summed E-state index contributed by atoms with van der Waals surface area (Å²) in [6.07, 6.45) is 1.77.